The Hall–Kier alpha value is -1.60. The molecule has 0 spiro atoms. The Bertz CT molecular complexity index is 799. The third kappa shape index (κ3) is 4.87. The van der Waals surface area contributed by atoms with Crippen LogP contribution >= 0.6 is 24.8 Å². The molecule has 0 unspecified atom stereocenters. The highest BCUT2D eigenvalue weighted by Crippen LogP contribution is 2.33. The van der Waals surface area contributed by atoms with Crippen molar-refractivity contribution in [3.63, 3.8) is 0 Å². The zero-order chi connectivity index (χ0) is 17.9. The van der Waals surface area contributed by atoms with E-state index in [-0.39, 0.29) is 36.8 Å². The molecule has 1 aromatic heterocycles. The first-order valence-corrected chi connectivity index (χ1v) is 9.47. The number of morpholine rings is 1. The number of aromatic nitrogens is 1. The van der Waals surface area contributed by atoms with Crippen molar-refractivity contribution < 1.29 is 9.53 Å². The van der Waals surface area contributed by atoms with Crippen LogP contribution in [0, 0.1) is 5.92 Å². The third-order valence-electron chi connectivity index (χ3n) is 5.59. The summed E-state index contributed by atoms with van der Waals surface area (Å²) < 4.78 is 5.46. The number of halogens is 2. The number of nitrogens with one attached hydrogen (secondary N) is 1. The lowest BCUT2D eigenvalue weighted by atomic mass is 9.99. The van der Waals surface area contributed by atoms with E-state index in [1.807, 2.05) is 18.3 Å². The number of fused-ring (bicyclic) bond motifs is 1. The normalized spacial score (nSPS) is 21.7. The number of carbonyl (C=O) groups excluding carboxylic acids is 1. The molecular formula is C20H28Cl2N4O2. The molecule has 1 aromatic carbocycles. The molecule has 154 valence electrons. The lowest BCUT2D eigenvalue weighted by Gasteiger charge is -2.30. The summed E-state index contributed by atoms with van der Waals surface area (Å²) in [7, 11) is 0. The fourth-order valence-corrected chi connectivity index (χ4v) is 4.12. The van der Waals surface area contributed by atoms with Crippen LogP contribution in [0.5, 0.6) is 0 Å². The van der Waals surface area contributed by atoms with Gasteiger partial charge in [-0.05, 0) is 37.0 Å². The third-order valence-corrected chi connectivity index (χ3v) is 5.59. The van der Waals surface area contributed by atoms with Gasteiger partial charge in [-0.1, -0.05) is 6.42 Å². The average Bonchev–Trinajstić information content (AvgIpc) is 3.07. The molecule has 8 heteroatoms. The second-order valence-electron chi connectivity index (χ2n) is 7.26. The highest BCUT2D eigenvalue weighted by molar-refractivity contribution is 6.06. The fraction of sp³-hybridized carbons (Fsp3) is 0.500. The molecule has 1 aliphatic carbocycles. The van der Waals surface area contributed by atoms with Crippen molar-refractivity contribution >= 4 is 52.9 Å². The van der Waals surface area contributed by atoms with Crippen LogP contribution < -0.4 is 16.0 Å². The van der Waals surface area contributed by atoms with E-state index in [0.29, 0.717) is 12.3 Å². The minimum Gasteiger partial charge on any atom is -0.378 e. The van der Waals surface area contributed by atoms with E-state index in [9.17, 15) is 4.79 Å². The van der Waals surface area contributed by atoms with Crippen LogP contribution in [0.25, 0.3) is 10.8 Å². The predicted molar refractivity (Wildman–Crippen MR) is 118 cm³/mol. The number of carbonyl (C=O) groups is 1. The van der Waals surface area contributed by atoms with Crippen LogP contribution in [-0.2, 0) is 9.53 Å². The molecule has 1 amide bonds. The molecule has 1 saturated carbocycles. The summed E-state index contributed by atoms with van der Waals surface area (Å²) in [6.07, 6.45) is 7.33. The summed E-state index contributed by atoms with van der Waals surface area (Å²) in [4.78, 5) is 19.1. The number of pyridine rings is 1. The zero-order valence-electron chi connectivity index (χ0n) is 15.8. The molecule has 2 aromatic rings. The highest BCUT2D eigenvalue weighted by atomic mass is 35.5. The second-order valence-corrected chi connectivity index (χ2v) is 7.26. The smallest absolute Gasteiger partial charge is 0.224 e. The lowest BCUT2D eigenvalue weighted by molar-refractivity contribution is -0.117. The number of ether oxygens (including phenoxy) is 1. The molecule has 2 aliphatic rings. The van der Waals surface area contributed by atoms with Gasteiger partial charge in [0.05, 0.1) is 18.9 Å². The largest absolute Gasteiger partial charge is 0.378 e. The lowest BCUT2D eigenvalue weighted by Crippen LogP contribution is -2.36. The molecule has 1 saturated heterocycles. The van der Waals surface area contributed by atoms with Gasteiger partial charge in [-0.2, -0.15) is 0 Å². The van der Waals surface area contributed by atoms with Crippen molar-refractivity contribution in [2.75, 3.05) is 36.5 Å². The molecular weight excluding hydrogens is 399 g/mol. The van der Waals surface area contributed by atoms with Crippen LogP contribution in [0.1, 0.15) is 25.7 Å². The Morgan fingerprint density at radius 3 is 2.68 bits per heavy atom. The summed E-state index contributed by atoms with van der Waals surface area (Å²) in [5, 5.41) is 5.17. The molecule has 4 rings (SSSR count). The summed E-state index contributed by atoms with van der Waals surface area (Å²) in [5.74, 6) is 0.337. The van der Waals surface area contributed by atoms with Crippen molar-refractivity contribution in [3.05, 3.63) is 30.6 Å². The van der Waals surface area contributed by atoms with E-state index in [0.717, 1.165) is 62.0 Å². The van der Waals surface area contributed by atoms with Gasteiger partial charge in [-0.25, -0.2) is 0 Å². The van der Waals surface area contributed by atoms with Crippen LogP contribution in [0.15, 0.2) is 30.6 Å². The molecule has 2 heterocycles. The monoisotopic (exact) mass is 426 g/mol. The Balaban J connectivity index is 0.00000140. The Labute approximate surface area is 178 Å². The van der Waals surface area contributed by atoms with Gasteiger partial charge in [0.2, 0.25) is 5.91 Å². The summed E-state index contributed by atoms with van der Waals surface area (Å²) in [6.45, 7) is 3.24. The minimum atomic E-state index is 0. The van der Waals surface area contributed by atoms with E-state index in [2.05, 4.69) is 21.3 Å². The van der Waals surface area contributed by atoms with Crippen LogP contribution in [0.3, 0.4) is 0 Å². The second kappa shape index (κ2) is 10.3. The Morgan fingerprint density at radius 1 is 1.18 bits per heavy atom. The number of nitrogens with zero attached hydrogens (tertiary/aromatic N) is 2. The number of nitrogens with two attached hydrogens (primary N) is 1. The first kappa shape index (κ1) is 22.7. The van der Waals surface area contributed by atoms with Gasteiger partial charge in [0.1, 0.15) is 0 Å². The van der Waals surface area contributed by atoms with Crippen LogP contribution in [0.4, 0.5) is 11.4 Å². The van der Waals surface area contributed by atoms with Gasteiger partial charge >= 0.3 is 0 Å². The average molecular weight is 427 g/mol. The SMILES string of the molecule is Cl.Cl.N[C@@H]1CCC[C@H]1CC(=O)Nc1ccc(N2CCOCC2)c2ccncc12. The van der Waals surface area contributed by atoms with Gasteiger partial charge in [-0.3, -0.25) is 9.78 Å². The summed E-state index contributed by atoms with van der Waals surface area (Å²) in [6, 6.07) is 6.25. The van der Waals surface area contributed by atoms with Crippen molar-refractivity contribution in [3.8, 4) is 0 Å². The maximum absolute atomic E-state index is 12.5. The number of hydrogen-bond acceptors (Lipinski definition) is 5. The molecule has 2 atom stereocenters. The predicted octanol–water partition coefficient (Wildman–Crippen LogP) is 3.37. The fourth-order valence-electron chi connectivity index (χ4n) is 4.12. The number of hydrogen-bond donors (Lipinski definition) is 2. The van der Waals surface area contributed by atoms with Gasteiger partial charge in [0, 0.05) is 54.4 Å². The van der Waals surface area contributed by atoms with Crippen molar-refractivity contribution in [1.82, 2.24) is 4.98 Å². The maximum Gasteiger partial charge on any atom is 0.224 e. The number of amides is 1. The topological polar surface area (TPSA) is 80.5 Å². The molecule has 0 radical (unpaired) electrons. The molecule has 3 N–H and O–H groups in total. The maximum atomic E-state index is 12.5. The quantitative estimate of drug-likeness (QED) is 0.782. The number of benzene rings is 1. The molecule has 6 nitrogen and oxygen atoms in total. The standard InChI is InChI=1S/C20H26N4O2.2ClH/c21-17-3-1-2-14(17)12-20(25)23-18-4-5-19(24-8-10-26-11-9-24)15-6-7-22-13-16(15)18;;/h4-7,13-14,17H,1-3,8-12,21H2,(H,23,25);2*1H/t14-,17+;;/m0../s1. The molecule has 0 bridgehead atoms. The molecule has 28 heavy (non-hydrogen) atoms. The van der Waals surface area contributed by atoms with Gasteiger partial charge in [0.25, 0.3) is 0 Å². The van der Waals surface area contributed by atoms with E-state index in [4.69, 9.17) is 10.5 Å². The first-order valence-electron chi connectivity index (χ1n) is 9.47. The molecule has 2 fully saturated rings. The van der Waals surface area contributed by atoms with Crippen LogP contribution in [0.2, 0.25) is 0 Å². The number of anilines is 2. The van der Waals surface area contributed by atoms with E-state index >= 15 is 0 Å². The van der Waals surface area contributed by atoms with Crippen molar-refractivity contribution in [2.45, 2.75) is 31.7 Å². The first-order chi connectivity index (χ1) is 12.7. The van der Waals surface area contributed by atoms with Gasteiger partial charge in [-0.15, -0.1) is 24.8 Å². The van der Waals surface area contributed by atoms with Gasteiger partial charge in [0.15, 0.2) is 0 Å². The minimum absolute atomic E-state index is 0. The van der Waals surface area contributed by atoms with Crippen LogP contribution in [-0.4, -0.2) is 43.2 Å². The van der Waals surface area contributed by atoms with E-state index < -0.39 is 0 Å². The number of rotatable bonds is 4. The zero-order valence-corrected chi connectivity index (χ0v) is 17.4. The summed E-state index contributed by atoms with van der Waals surface area (Å²) in [5.41, 5.74) is 8.10. The van der Waals surface area contributed by atoms with E-state index in [1.54, 1.807) is 6.20 Å². The van der Waals surface area contributed by atoms with E-state index in [1.165, 1.54) is 5.69 Å². The Morgan fingerprint density at radius 2 is 1.96 bits per heavy atom. The molecule has 1 aliphatic heterocycles. The van der Waals surface area contributed by atoms with Crippen molar-refractivity contribution in [2.24, 2.45) is 11.7 Å². The van der Waals surface area contributed by atoms with Gasteiger partial charge < -0.3 is 20.7 Å². The highest BCUT2D eigenvalue weighted by Gasteiger charge is 2.26. The summed E-state index contributed by atoms with van der Waals surface area (Å²) >= 11 is 0. The Kier molecular flexibility index (Phi) is 8.31. The van der Waals surface area contributed by atoms with Crippen molar-refractivity contribution in [1.29, 1.82) is 0 Å².